The Kier molecular flexibility index (Phi) is 4.49. The molecule has 2 rings (SSSR count). The van der Waals surface area contributed by atoms with E-state index >= 15 is 0 Å². The number of aliphatic hydroxyl groups excluding tert-OH is 1. The number of halogens is 1. The molecule has 0 saturated carbocycles. The maximum absolute atomic E-state index is 13.1. The molecule has 0 aliphatic rings. The number of benzene rings is 1. The Balaban J connectivity index is 2.13. The third-order valence-electron chi connectivity index (χ3n) is 2.69. The number of aliphatic hydroxyl groups is 1. The van der Waals surface area contributed by atoms with Crippen LogP contribution in [0.3, 0.4) is 0 Å². The Labute approximate surface area is 123 Å². The number of thiophene rings is 1. The van der Waals surface area contributed by atoms with Gasteiger partial charge in [-0.05, 0) is 23.8 Å². The number of hydrogen-bond donors (Lipinski definition) is 2. The molecule has 0 aliphatic heterocycles. The molecule has 0 amide bonds. The van der Waals surface area contributed by atoms with Gasteiger partial charge in [-0.2, -0.15) is 0 Å². The number of carbonyl (C=O) groups is 2. The van der Waals surface area contributed by atoms with Gasteiger partial charge in [0.25, 0.3) is 0 Å². The smallest absolute Gasteiger partial charge is 0.371 e. The number of allylic oxidation sites excluding steroid dienone is 1. The van der Waals surface area contributed by atoms with Crippen LogP contribution in [0.1, 0.15) is 20.8 Å². The highest BCUT2D eigenvalue weighted by atomic mass is 32.1. The van der Waals surface area contributed by atoms with E-state index in [4.69, 9.17) is 10.2 Å². The first-order chi connectivity index (χ1) is 9.95. The summed E-state index contributed by atoms with van der Waals surface area (Å²) in [5.74, 6) is -3.47. The van der Waals surface area contributed by atoms with E-state index in [1.54, 1.807) is 23.6 Å². The summed E-state index contributed by atoms with van der Waals surface area (Å²) in [6, 6.07) is 7.76. The molecular formula is C15H11FO4S. The predicted octanol–water partition coefficient (Wildman–Crippen LogP) is 3.19. The van der Waals surface area contributed by atoms with E-state index in [1.807, 2.05) is 0 Å². The highest BCUT2D eigenvalue weighted by molar-refractivity contribution is 7.10. The second kappa shape index (κ2) is 6.32. The van der Waals surface area contributed by atoms with Crippen LogP contribution in [0.4, 0.5) is 4.39 Å². The number of rotatable bonds is 5. The molecular weight excluding hydrogens is 295 g/mol. The van der Waals surface area contributed by atoms with Crippen LogP contribution in [-0.2, 0) is 11.2 Å². The third kappa shape index (κ3) is 4.00. The second-order valence-corrected chi connectivity index (χ2v) is 5.30. The van der Waals surface area contributed by atoms with Gasteiger partial charge >= 0.3 is 5.97 Å². The van der Waals surface area contributed by atoms with Crippen molar-refractivity contribution >= 4 is 23.1 Å². The summed E-state index contributed by atoms with van der Waals surface area (Å²) in [5.41, 5.74) is 1.07. The minimum absolute atomic E-state index is 0.291. The van der Waals surface area contributed by atoms with Gasteiger partial charge in [-0.25, -0.2) is 9.18 Å². The fourth-order valence-corrected chi connectivity index (χ4v) is 2.63. The molecule has 108 valence electrons. The van der Waals surface area contributed by atoms with Gasteiger partial charge in [-0.1, -0.05) is 12.1 Å². The van der Waals surface area contributed by atoms with Gasteiger partial charge in [0.05, 0.1) is 0 Å². The zero-order valence-electron chi connectivity index (χ0n) is 10.7. The van der Waals surface area contributed by atoms with Gasteiger partial charge in [0.1, 0.15) is 5.82 Å². The number of carbonyl (C=O) groups excluding carboxylic acids is 1. The summed E-state index contributed by atoms with van der Waals surface area (Å²) in [6.07, 6.45) is 1.14. The average molecular weight is 306 g/mol. The van der Waals surface area contributed by atoms with Gasteiger partial charge in [0.2, 0.25) is 5.76 Å². The van der Waals surface area contributed by atoms with E-state index in [0.29, 0.717) is 18.1 Å². The highest BCUT2D eigenvalue weighted by Crippen LogP contribution is 2.20. The van der Waals surface area contributed by atoms with E-state index in [-0.39, 0.29) is 5.82 Å². The van der Waals surface area contributed by atoms with Crippen molar-refractivity contribution in [2.45, 2.75) is 6.42 Å². The van der Waals surface area contributed by atoms with E-state index in [9.17, 15) is 14.0 Å². The van der Waals surface area contributed by atoms with Crippen molar-refractivity contribution in [3.8, 4) is 0 Å². The lowest BCUT2D eigenvalue weighted by atomic mass is 10.1. The molecule has 1 aromatic heterocycles. The summed E-state index contributed by atoms with van der Waals surface area (Å²) in [7, 11) is 0. The summed E-state index contributed by atoms with van der Waals surface area (Å²) >= 11 is 1.31. The molecule has 0 unspecified atom stereocenters. The van der Waals surface area contributed by atoms with Crippen molar-refractivity contribution in [3.05, 3.63) is 69.4 Å². The summed E-state index contributed by atoms with van der Waals surface area (Å²) in [5, 5.41) is 19.1. The van der Waals surface area contributed by atoms with Gasteiger partial charge in [-0.3, -0.25) is 4.79 Å². The zero-order chi connectivity index (χ0) is 15.4. The molecule has 1 heterocycles. The lowest BCUT2D eigenvalue weighted by Crippen LogP contribution is -2.03. The predicted molar refractivity (Wildman–Crippen MR) is 76.2 cm³/mol. The molecule has 21 heavy (non-hydrogen) atoms. The molecule has 2 aromatic rings. The van der Waals surface area contributed by atoms with Crippen molar-refractivity contribution in [1.29, 1.82) is 0 Å². The Morgan fingerprint density at radius 2 is 2.00 bits per heavy atom. The molecule has 4 nitrogen and oxygen atoms in total. The molecule has 0 spiro atoms. The minimum atomic E-state index is -1.56. The Bertz CT molecular complexity index is 718. The van der Waals surface area contributed by atoms with Gasteiger partial charge in [0, 0.05) is 28.3 Å². The molecule has 6 heteroatoms. The van der Waals surface area contributed by atoms with E-state index in [0.717, 1.165) is 10.4 Å². The molecule has 2 N–H and O–H groups in total. The third-order valence-corrected chi connectivity index (χ3v) is 3.63. The van der Waals surface area contributed by atoms with Crippen molar-refractivity contribution in [2.75, 3.05) is 0 Å². The molecule has 0 radical (unpaired) electrons. The maximum Gasteiger partial charge on any atom is 0.371 e. The Morgan fingerprint density at radius 1 is 1.24 bits per heavy atom. The lowest BCUT2D eigenvalue weighted by Gasteiger charge is -1.98. The van der Waals surface area contributed by atoms with Crippen molar-refractivity contribution in [1.82, 2.24) is 0 Å². The van der Waals surface area contributed by atoms with E-state index in [2.05, 4.69) is 0 Å². The Morgan fingerprint density at radius 3 is 2.67 bits per heavy atom. The van der Waals surface area contributed by atoms with E-state index in [1.165, 1.54) is 23.5 Å². The van der Waals surface area contributed by atoms with E-state index < -0.39 is 17.5 Å². The molecule has 0 bridgehead atoms. The monoisotopic (exact) mass is 306 g/mol. The van der Waals surface area contributed by atoms with Crippen LogP contribution in [-0.4, -0.2) is 22.0 Å². The minimum Gasteiger partial charge on any atom is -0.502 e. The second-order valence-electron chi connectivity index (χ2n) is 4.31. The van der Waals surface area contributed by atoms with Crippen LogP contribution in [0.2, 0.25) is 0 Å². The van der Waals surface area contributed by atoms with Crippen LogP contribution < -0.4 is 0 Å². The molecule has 0 fully saturated rings. The number of carboxylic acid groups (broad SMARTS) is 1. The van der Waals surface area contributed by atoms with Crippen LogP contribution in [0.5, 0.6) is 0 Å². The fraction of sp³-hybridized carbons (Fsp3) is 0.0667. The van der Waals surface area contributed by atoms with Gasteiger partial charge < -0.3 is 10.2 Å². The fourth-order valence-electron chi connectivity index (χ4n) is 1.72. The molecule has 0 saturated heterocycles. The highest BCUT2D eigenvalue weighted by Gasteiger charge is 2.11. The molecule has 1 aromatic carbocycles. The Hall–Kier alpha value is -2.47. The lowest BCUT2D eigenvalue weighted by molar-refractivity contribution is -0.135. The van der Waals surface area contributed by atoms with Crippen LogP contribution >= 0.6 is 11.3 Å². The number of ketones is 1. The average Bonchev–Trinajstić information content (AvgIpc) is 2.87. The maximum atomic E-state index is 13.1. The number of hydrogen-bond acceptors (Lipinski definition) is 4. The quantitative estimate of drug-likeness (QED) is 0.505. The number of carboxylic acids is 1. The summed E-state index contributed by atoms with van der Waals surface area (Å²) in [4.78, 5) is 23.0. The standard InChI is InChI=1S/C15H11FO4S/c16-11-3-1-2-9(4-11)5-12-6-10(8-21-12)13(17)7-14(18)15(19)20/h1-4,6-8,18H,5H2,(H,19,20)/b14-7-. The first-order valence-corrected chi connectivity index (χ1v) is 6.84. The zero-order valence-corrected chi connectivity index (χ0v) is 11.6. The first-order valence-electron chi connectivity index (χ1n) is 5.96. The summed E-state index contributed by atoms with van der Waals surface area (Å²) in [6.45, 7) is 0. The van der Waals surface area contributed by atoms with Crippen molar-refractivity contribution < 1.29 is 24.2 Å². The van der Waals surface area contributed by atoms with Crippen molar-refractivity contribution in [3.63, 3.8) is 0 Å². The van der Waals surface area contributed by atoms with Crippen molar-refractivity contribution in [2.24, 2.45) is 0 Å². The van der Waals surface area contributed by atoms with Gasteiger partial charge in [0.15, 0.2) is 5.78 Å². The summed E-state index contributed by atoms with van der Waals surface area (Å²) < 4.78 is 13.1. The van der Waals surface area contributed by atoms with Crippen LogP contribution in [0.25, 0.3) is 0 Å². The SMILES string of the molecule is O=C(O)/C(O)=C/C(=O)c1csc(Cc2cccc(F)c2)c1. The normalized spacial score (nSPS) is 11.4. The largest absolute Gasteiger partial charge is 0.502 e. The van der Waals surface area contributed by atoms with Crippen LogP contribution in [0, 0.1) is 5.82 Å². The van der Waals surface area contributed by atoms with Gasteiger partial charge in [-0.15, -0.1) is 11.3 Å². The first kappa shape index (κ1) is 14.9. The molecule has 0 aliphatic carbocycles. The topological polar surface area (TPSA) is 74.6 Å². The van der Waals surface area contributed by atoms with Crippen LogP contribution in [0.15, 0.2) is 47.5 Å². The molecule has 0 atom stereocenters. The number of aliphatic carboxylic acids is 1.